The number of aldehydes is 1. The number of anilines is 2. The van der Waals surface area contributed by atoms with Crippen molar-refractivity contribution in [1.82, 2.24) is 0 Å². The monoisotopic (exact) mass is 508 g/mol. The fourth-order valence-electron chi connectivity index (χ4n) is 10.1. The highest BCUT2D eigenvalue weighted by Gasteiger charge is 2.60. The van der Waals surface area contributed by atoms with E-state index in [0.717, 1.165) is 48.2 Å². The van der Waals surface area contributed by atoms with E-state index in [0.29, 0.717) is 28.1 Å². The van der Waals surface area contributed by atoms with Crippen LogP contribution in [0.3, 0.4) is 0 Å². The van der Waals surface area contributed by atoms with Crippen LogP contribution in [0.4, 0.5) is 11.4 Å². The van der Waals surface area contributed by atoms with E-state index in [1.54, 1.807) is 31.0 Å². The highest BCUT2D eigenvalue weighted by Crippen LogP contribution is 2.68. The fourth-order valence-corrected chi connectivity index (χ4v) is 10.1. The Morgan fingerprint density at radius 2 is 1.62 bits per heavy atom. The first kappa shape index (κ1) is 28.5. The zero-order chi connectivity index (χ0) is 26.6. The summed E-state index contributed by atoms with van der Waals surface area (Å²) in [6, 6.07) is 7.15. The summed E-state index contributed by atoms with van der Waals surface area (Å²) in [6.45, 7) is 10.2. The zero-order valence-corrected chi connectivity index (χ0v) is 24.4. The number of hydrogen-bond donors (Lipinski definition) is 2. The van der Waals surface area contributed by atoms with Gasteiger partial charge in [0.05, 0.1) is 0 Å². The average Bonchev–Trinajstić information content (AvgIpc) is 3.21. The highest BCUT2D eigenvalue weighted by atomic mass is 16.1. The van der Waals surface area contributed by atoms with Crippen LogP contribution in [0.1, 0.15) is 118 Å². The molecular formula is C34H56N2O. The molecule has 0 spiro atoms. The maximum atomic E-state index is 10.7. The summed E-state index contributed by atoms with van der Waals surface area (Å²) < 4.78 is 0. The van der Waals surface area contributed by atoms with Crippen LogP contribution in [0.5, 0.6) is 0 Å². The van der Waals surface area contributed by atoms with Gasteiger partial charge in [0.15, 0.2) is 0 Å². The van der Waals surface area contributed by atoms with Crippen molar-refractivity contribution in [3.05, 3.63) is 24.3 Å². The molecule has 0 aromatic heterocycles. The Morgan fingerprint density at radius 3 is 2.30 bits per heavy atom. The van der Waals surface area contributed by atoms with Crippen molar-refractivity contribution in [2.24, 2.45) is 52.3 Å². The number of rotatable bonds is 7. The number of fused-ring (bicyclic) bond motifs is 5. The number of nitrogen functional groups attached to an aromatic ring is 2. The highest BCUT2D eigenvalue weighted by molar-refractivity contribution is 5.50. The Morgan fingerprint density at radius 1 is 0.892 bits per heavy atom. The summed E-state index contributed by atoms with van der Waals surface area (Å²) in [6.07, 6.45) is 21.0. The van der Waals surface area contributed by atoms with Gasteiger partial charge in [0.2, 0.25) is 0 Å². The molecule has 208 valence electrons. The van der Waals surface area contributed by atoms with Crippen LogP contribution in [0.2, 0.25) is 0 Å². The van der Waals surface area contributed by atoms with Gasteiger partial charge in [0, 0.05) is 17.8 Å². The molecule has 0 radical (unpaired) electrons. The third-order valence-electron chi connectivity index (χ3n) is 12.1. The van der Waals surface area contributed by atoms with Crippen LogP contribution >= 0.6 is 0 Å². The van der Waals surface area contributed by atoms with Crippen molar-refractivity contribution in [3.8, 4) is 0 Å². The molecule has 5 rings (SSSR count). The van der Waals surface area contributed by atoms with Crippen LogP contribution in [0.15, 0.2) is 24.3 Å². The van der Waals surface area contributed by atoms with E-state index < -0.39 is 0 Å². The summed E-state index contributed by atoms with van der Waals surface area (Å²) in [7, 11) is 0. The second-order valence-electron chi connectivity index (χ2n) is 14.2. The predicted octanol–water partition coefficient (Wildman–Crippen LogP) is 8.92. The number of hydrogen-bond acceptors (Lipinski definition) is 3. The zero-order valence-electron chi connectivity index (χ0n) is 24.4. The van der Waals surface area contributed by atoms with Gasteiger partial charge in [-0.1, -0.05) is 65.9 Å². The first-order valence-corrected chi connectivity index (χ1v) is 15.7. The minimum absolute atomic E-state index is 0.577. The van der Waals surface area contributed by atoms with E-state index in [-0.39, 0.29) is 0 Å². The minimum atomic E-state index is 0.577. The maximum Gasteiger partial charge on any atom is 0.120 e. The topological polar surface area (TPSA) is 69.1 Å². The molecule has 9 atom stereocenters. The van der Waals surface area contributed by atoms with Gasteiger partial charge in [-0.2, -0.15) is 0 Å². The summed E-state index contributed by atoms with van der Waals surface area (Å²) in [5, 5.41) is 0. The van der Waals surface area contributed by atoms with Gasteiger partial charge in [-0.15, -0.1) is 0 Å². The molecule has 37 heavy (non-hydrogen) atoms. The molecule has 3 nitrogen and oxygen atoms in total. The Bertz CT molecular complexity index is 867. The molecule has 0 amide bonds. The van der Waals surface area contributed by atoms with Crippen LogP contribution in [-0.4, -0.2) is 6.29 Å². The van der Waals surface area contributed by atoms with E-state index in [2.05, 4.69) is 27.7 Å². The van der Waals surface area contributed by atoms with E-state index in [1.165, 1.54) is 70.6 Å². The molecule has 4 aliphatic rings. The lowest BCUT2D eigenvalue weighted by Crippen LogP contribution is -2.53. The summed E-state index contributed by atoms with van der Waals surface area (Å²) in [5.74, 6) is 6.54. The molecule has 4 fully saturated rings. The largest absolute Gasteiger partial charge is 0.399 e. The van der Waals surface area contributed by atoms with Crippen molar-refractivity contribution in [2.45, 2.75) is 118 Å². The number of carbonyl (C=O) groups excluding carboxylic acids is 1. The molecule has 4 saturated carbocycles. The van der Waals surface area contributed by atoms with Crippen LogP contribution < -0.4 is 11.5 Å². The van der Waals surface area contributed by atoms with Gasteiger partial charge in [0.25, 0.3) is 0 Å². The second-order valence-corrected chi connectivity index (χ2v) is 14.2. The number of benzene rings is 1. The quantitative estimate of drug-likeness (QED) is 0.285. The SMILES string of the molecule is CC(CC=O)CCC[C@@H](C)[C@H]1CC[C@H]2[C@@H]3CCC4CCCC[C@]4(C)[C@H]3CC[C@]12C.Nc1cccc(N)c1. The van der Waals surface area contributed by atoms with E-state index in [1.807, 2.05) is 6.07 Å². The third kappa shape index (κ3) is 6.06. The fraction of sp³-hybridized carbons (Fsp3) is 0.794. The molecule has 0 bridgehead atoms. The van der Waals surface area contributed by atoms with Gasteiger partial charge >= 0.3 is 0 Å². The molecule has 3 heteroatoms. The summed E-state index contributed by atoms with van der Waals surface area (Å²) in [5.41, 5.74) is 13.5. The summed E-state index contributed by atoms with van der Waals surface area (Å²) >= 11 is 0. The maximum absolute atomic E-state index is 10.7. The molecule has 4 aliphatic carbocycles. The lowest BCUT2D eigenvalue weighted by molar-refractivity contribution is -0.114. The van der Waals surface area contributed by atoms with E-state index >= 15 is 0 Å². The van der Waals surface area contributed by atoms with Gasteiger partial charge in [-0.25, -0.2) is 0 Å². The molecule has 1 aromatic rings. The predicted molar refractivity (Wildman–Crippen MR) is 158 cm³/mol. The molecule has 4 N–H and O–H groups in total. The average molecular weight is 509 g/mol. The molecule has 0 heterocycles. The van der Waals surface area contributed by atoms with Gasteiger partial charge < -0.3 is 16.3 Å². The van der Waals surface area contributed by atoms with Crippen molar-refractivity contribution in [2.75, 3.05) is 11.5 Å². The summed E-state index contributed by atoms with van der Waals surface area (Å²) in [4.78, 5) is 10.7. The van der Waals surface area contributed by atoms with Crippen LogP contribution in [0.25, 0.3) is 0 Å². The Balaban J connectivity index is 0.000000342. The number of nitrogens with two attached hydrogens (primary N) is 2. The van der Waals surface area contributed by atoms with Gasteiger partial charge in [-0.05, 0) is 122 Å². The third-order valence-corrected chi connectivity index (χ3v) is 12.1. The first-order valence-electron chi connectivity index (χ1n) is 15.7. The standard InChI is InChI=1S/C28H48O.C6H8N2/c1-20(16-19-29)8-7-9-21(2)24-13-14-25-23-12-11-22-10-5-6-17-27(22,3)26(23)15-18-28(24,25)4;7-5-2-1-3-6(8)4-5/h19-26H,5-18H2,1-4H3;1-4H,7-8H2/t20?,21-,22?,23+,24-,25+,26+,27+,28-;/m1./s1. The molecule has 1 aromatic carbocycles. The van der Waals surface area contributed by atoms with Crippen LogP contribution in [-0.2, 0) is 4.79 Å². The normalized spacial score (nSPS) is 38.2. The van der Waals surface area contributed by atoms with Gasteiger partial charge in [0.1, 0.15) is 6.29 Å². The van der Waals surface area contributed by atoms with Crippen LogP contribution in [0, 0.1) is 52.3 Å². The van der Waals surface area contributed by atoms with Gasteiger partial charge in [-0.3, -0.25) is 0 Å². The Labute approximate surface area is 227 Å². The lowest BCUT2D eigenvalue weighted by Gasteiger charge is -2.61. The van der Waals surface area contributed by atoms with Crippen molar-refractivity contribution in [3.63, 3.8) is 0 Å². The smallest absolute Gasteiger partial charge is 0.120 e. The Hall–Kier alpha value is -1.51. The minimum Gasteiger partial charge on any atom is -0.399 e. The number of carbonyl (C=O) groups is 1. The Kier molecular flexibility index (Phi) is 9.34. The molecule has 2 unspecified atom stereocenters. The second kappa shape index (κ2) is 12.1. The molecular weight excluding hydrogens is 452 g/mol. The van der Waals surface area contributed by atoms with Crippen molar-refractivity contribution >= 4 is 17.7 Å². The van der Waals surface area contributed by atoms with E-state index in [4.69, 9.17) is 11.5 Å². The van der Waals surface area contributed by atoms with Crippen molar-refractivity contribution in [1.29, 1.82) is 0 Å². The van der Waals surface area contributed by atoms with E-state index in [9.17, 15) is 4.79 Å². The van der Waals surface area contributed by atoms with Crippen molar-refractivity contribution < 1.29 is 4.79 Å². The first-order chi connectivity index (χ1) is 17.7. The molecule has 0 saturated heterocycles. The lowest BCUT2D eigenvalue weighted by atomic mass is 9.44. The molecule has 0 aliphatic heterocycles.